The van der Waals surface area contributed by atoms with E-state index in [1.165, 1.54) is 24.0 Å². The molecule has 1 aromatic rings. The Morgan fingerprint density at radius 1 is 1.40 bits per heavy atom. The summed E-state index contributed by atoms with van der Waals surface area (Å²) in [5.74, 6) is 1.95. The van der Waals surface area contributed by atoms with Crippen molar-refractivity contribution >= 4 is 0 Å². The Morgan fingerprint density at radius 2 is 2.15 bits per heavy atom. The molecule has 0 spiro atoms. The van der Waals surface area contributed by atoms with E-state index in [1.54, 1.807) is 7.11 Å². The topological polar surface area (TPSA) is 47.7 Å². The summed E-state index contributed by atoms with van der Waals surface area (Å²) < 4.78 is 11.5. The lowest BCUT2D eigenvalue weighted by molar-refractivity contribution is 0.240. The molecule has 2 N–H and O–H groups in total. The highest BCUT2D eigenvalue weighted by molar-refractivity contribution is 5.50. The summed E-state index contributed by atoms with van der Waals surface area (Å²) in [6.45, 7) is 4.97. The molecule has 2 aliphatic rings. The van der Waals surface area contributed by atoms with Crippen molar-refractivity contribution in [2.75, 3.05) is 26.7 Å². The van der Waals surface area contributed by atoms with Crippen LogP contribution in [0.1, 0.15) is 36.9 Å². The van der Waals surface area contributed by atoms with E-state index in [2.05, 4.69) is 24.0 Å². The van der Waals surface area contributed by atoms with E-state index in [4.69, 9.17) is 15.2 Å². The van der Waals surface area contributed by atoms with Gasteiger partial charge in [-0.15, -0.1) is 0 Å². The van der Waals surface area contributed by atoms with Crippen LogP contribution in [-0.4, -0.2) is 37.7 Å². The molecule has 0 saturated carbocycles. The summed E-state index contributed by atoms with van der Waals surface area (Å²) in [5.41, 5.74) is 8.46. The van der Waals surface area contributed by atoms with Gasteiger partial charge in [-0.05, 0) is 45.0 Å². The first-order chi connectivity index (χ1) is 9.72. The third-order valence-corrected chi connectivity index (χ3v) is 4.41. The maximum atomic E-state index is 6.04. The number of rotatable bonds is 4. The Kier molecular flexibility index (Phi) is 3.85. The highest BCUT2D eigenvalue weighted by atomic mass is 16.5. The van der Waals surface area contributed by atoms with Gasteiger partial charge in [0.1, 0.15) is 17.6 Å². The maximum absolute atomic E-state index is 6.04. The largest absolute Gasteiger partial charge is 0.496 e. The predicted molar refractivity (Wildman–Crippen MR) is 79.4 cm³/mol. The number of ether oxygens (including phenoxy) is 2. The standard InChI is InChI=1S/C16H24N2O2/c1-11-7-12-8-16(19-2)13(9-15(12)20-11)14(10-17)18-5-3-4-6-18/h8-9,11,14H,3-7,10,17H2,1-2H3. The number of hydrogen-bond acceptors (Lipinski definition) is 4. The Balaban J connectivity index is 1.96. The average molecular weight is 276 g/mol. The van der Waals surface area contributed by atoms with Crippen molar-refractivity contribution < 1.29 is 9.47 Å². The molecular weight excluding hydrogens is 252 g/mol. The monoisotopic (exact) mass is 276 g/mol. The molecule has 0 radical (unpaired) electrons. The Labute approximate surface area is 120 Å². The molecule has 1 aromatic carbocycles. The second kappa shape index (κ2) is 5.62. The summed E-state index contributed by atoms with van der Waals surface area (Å²) in [7, 11) is 1.74. The zero-order valence-electron chi connectivity index (χ0n) is 12.4. The normalized spacial score (nSPS) is 23.4. The first-order valence-corrected chi connectivity index (χ1v) is 7.54. The highest BCUT2D eigenvalue weighted by Gasteiger charge is 2.28. The summed E-state index contributed by atoms with van der Waals surface area (Å²) in [6, 6.07) is 4.51. The summed E-state index contributed by atoms with van der Waals surface area (Å²) >= 11 is 0. The fourth-order valence-corrected chi connectivity index (χ4v) is 3.42. The van der Waals surface area contributed by atoms with E-state index in [1.807, 2.05) is 0 Å². The first-order valence-electron chi connectivity index (χ1n) is 7.54. The van der Waals surface area contributed by atoms with Crippen LogP contribution < -0.4 is 15.2 Å². The first kappa shape index (κ1) is 13.7. The van der Waals surface area contributed by atoms with Crippen molar-refractivity contribution in [3.63, 3.8) is 0 Å². The van der Waals surface area contributed by atoms with E-state index in [0.29, 0.717) is 6.54 Å². The van der Waals surface area contributed by atoms with Crippen molar-refractivity contribution in [3.8, 4) is 11.5 Å². The van der Waals surface area contributed by atoms with Crippen LogP contribution in [0.4, 0.5) is 0 Å². The third kappa shape index (κ3) is 2.38. The van der Waals surface area contributed by atoms with Gasteiger partial charge in [0.2, 0.25) is 0 Å². The molecule has 2 atom stereocenters. The minimum atomic E-state index is 0.234. The maximum Gasteiger partial charge on any atom is 0.124 e. The molecule has 4 nitrogen and oxygen atoms in total. The Hall–Kier alpha value is -1.26. The quantitative estimate of drug-likeness (QED) is 0.915. The molecular formula is C16H24N2O2. The van der Waals surface area contributed by atoms with Crippen molar-refractivity contribution in [3.05, 3.63) is 23.3 Å². The van der Waals surface area contributed by atoms with Crippen molar-refractivity contribution in [2.45, 2.75) is 38.3 Å². The number of methoxy groups -OCH3 is 1. The lowest BCUT2D eigenvalue weighted by atomic mass is 10.00. The molecule has 2 aliphatic heterocycles. The van der Waals surface area contributed by atoms with E-state index in [9.17, 15) is 0 Å². The fraction of sp³-hybridized carbons (Fsp3) is 0.625. The van der Waals surface area contributed by atoms with Crippen molar-refractivity contribution in [1.29, 1.82) is 0 Å². The van der Waals surface area contributed by atoms with Gasteiger partial charge in [0.25, 0.3) is 0 Å². The van der Waals surface area contributed by atoms with Crippen LogP contribution in [-0.2, 0) is 6.42 Å². The highest BCUT2D eigenvalue weighted by Crippen LogP contribution is 2.39. The predicted octanol–water partition coefficient (Wildman–Crippen LogP) is 2.11. The van der Waals surface area contributed by atoms with Crippen molar-refractivity contribution in [1.82, 2.24) is 4.90 Å². The van der Waals surface area contributed by atoms with Gasteiger partial charge in [-0.3, -0.25) is 4.90 Å². The molecule has 0 amide bonds. The lowest BCUT2D eigenvalue weighted by Crippen LogP contribution is -2.31. The van der Waals surface area contributed by atoms with Crippen LogP contribution in [0, 0.1) is 0 Å². The van der Waals surface area contributed by atoms with Crippen LogP contribution in [0.15, 0.2) is 12.1 Å². The number of hydrogen-bond donors (Lipinski definition) is 1. The molecule has 3 rings (SSSR count). The number of benzene rings is 1. The number of fused-ring (bicyclic) bond motifs is 1. The van der Waals surface area contributed by atoms with Crippen LogP contribution >= 0.6 is 0 Å². The molecule has 0 bridgehead atoms. The molecule has 0 aromatic heterocycles. The van der Waals surface area contributed by atoms with Gasteiger partial charge in [0.15, 0.2) is 0 Å². The zero-order valence-corrected chi connectivity index (χ0v) is 12.4. The molecule has 1 fully saturated rings. The molecule has 4 heteroatoms. The van der Waals surface area contributed by atoms with E-state index in [-0.39, 0.29) is 12.1 Å². The molecule has 2 heterocycles. The van der Waals surface area contributed by atoms with E-state index >= 15 is 0 Å². The van der Waals surface area contributed by atoms with Gasteiger partial charge >= 0.3 is 0 Å². The minimum absolute atomic E-state index is 0.234. The van der Waals surface area contributed by atoms with E-state index in [0.717, 1.165) is 31.0 Å². The van der Waals surface area contributed by atoms with Gasteiger partial charge in [-0.2, -0.15) is 0 Å². The number of nitrogens with zero attached hydrogens (tertiary/aromatic N) is 1. The second-order valence-corrected chi connectivity index (χ2v) is 5.83. The summed E-state index contributed by atoms with van der Waals surface area (Å²) in [6.07, 6.45) is 3.74. The molecule has 20 heavy (non-hydrogen) atoms. The minimum Gasteiger partial charge on any atom is -0.496 e. The molecule has 0 aliphatic carbocycles. The molecule has 110 valence electrons. The van der Waals surface area contributed by atoms with Crippen LogP contribution in [0.5, 0.6) is 11.5 Å². The second-order valence-electron chi connectivity index (χ2n) is 5.83. The Bertz CT molecular complexity index is 484. The van der Waals surface area contributed by atoms with Crippen molar-refractivity contribution in [2.24, 2.45) is 5.73 Å². The fourth-order valence-electron chi connectivity index (χ4n) is 3.42. The zero-order chi connectivity index (χ0) is 14.1. The summed E-state index contributed by atoms with van der Waals surface area (Å²) in [4.78, 5) is 2.46. The third-order valence-electron chi connectivity index (χ3n) is 4.41. The van der Waals surface area contributed by atoms with Gasteiger partial charge in [0, 0.05) is 24.1 Å². The summed E-state index contributed by atoms with van der Waals surface area (Å²) in [5, 5.41) is 0. The van der Waals surface area contributed by atoms with Crippen LogP contribution in [0.2, 0.25) is 0 Å². The van der Waals surface area contributed by atoms with Gasteiger partial charge in [-0.1, -0.05) is 0 Å². The van der Waals surface area contributed by atoms with Crippen LogP contribution in [0.25, 0.3) is 0 Å². The van der Waals surface area contributed by atoms with Gasteiger partial charge in [0.05, 0.1) is 13.2 Å². The number of likely N-dealkylation sites (tertiary alicyclic amines) is 1. The lowest BCUT2D eigenvalue weighted by Gasteiger charge is -2.28. The SMILES string of the molecule is COc1cc2c(cc1C(CN)N1CCCC1)OC(C)C2. The number of nitrogens with two attached hydrogens (primary N) is 1. The van der Waals surface area contributed by atoms with E-state index < -0.39 is 0 Å². The van der Waals surface area contributed by atoms with Crippen LogP contribution in [0.3, 0.4) is 0 Å². The average Bonchev–Trinajstić information content (AvgIpc) is 3.07. The van der Waals surface area contributed by atoms with Gasteiger partial charge in [-0.25, -0.2) is 0 Å². The molecule has 1 saturated heterocycles. The smallest absolute Gasteiger partial charge is 0.124 e. The molecule has 2 unspecified atom stereocenters. The van der Waals surface area contributed by atoms with Gasteiger partial charge < -0.3 is 15.2 Å². The Morgan fingerprint density at radius 3 is 2.80 bits per heavy atom.